The molecule has 3 heteroatoms. The van der Waals surface area contributed by atoms with Crippen LogP contribution in [0.1, 0.15) is 29.2 Å². The Kier molecular flexibility index (Phi) is 2.52. The van der Waals surface area contributed by atoms with E-state index in [1.54, 1.807) is 25.2 Å². The topological polar surface area (TPSA) is 20.2 Å². The van der Waals surface area contributed by atoms with Crippen LogP contribution in [0.2, 0.25) is 5.02 Å². The lowest BCUT2D eigenvalue weighted by Crippen LogP contribution is -2.16. The molecular formula is C9H13ClOS. The molecule has 1 heterocycles. The minimum absolute atomic E-state index is 0.713. The fraction of sp³-hybridized carbons (Fsp3) is 0.556. The molecule has 1 aromatic rings. The average Bonchev–Trinajstić information content (AvgIpc) is 2.05. The van der Waals surface area contributed by atoms with Crippen LogP contribution in [0.3, 0.4) is 0 Å². The molecule has 68 valence electrons. The number of hydrogen-bond donors (Lipinski definition) is 1. The van der Waals surface area contributed by atoms with Crippen molar-refractivity contribution in [2.75, 3.05) is 0 Å². The van der Waals surface area contributed by atoms with Gasteiger partial charge in [-0.2, -0.15) is 0 Å². The number of rotatable bonds is 1. The standard InChI is InChI=1S/C9H13ClOS/c1-5-7(9(3,4)11)8(10)6(2)12-5/h11H,1-4H3. The highest BCUT2D eigenvalue weighted by Crippen LogP contribution is 2.38. The van der Waals surface area contributed by atoms with E-state index in [-0.39, 0.29) is 0 Å². The lowest BCUT2D eigenvalue weighted by atomic mass is 9.99. The van der Waals surface area contributed by atoms with Gasteiger partial charge in [0.2, 0.25) is 0 Å². The smallest absolute Gasteiger partial charge is 0.0865 e. The first kappa shape index (κ1) is 10.0. The van der Waals surface area contributed by atoms with Crippen LogP contribution >= 0.6 is 22.9 Å². The van der Waals surface area contributed by atoms with Crippen molar-refractivity contribution in [1.82, 2.24) is 0 Å². The van der Waals surface area contributed by atoms with E-state index >= 15 is 0 Å². The Bertz CT molecular complexity index is 296. The molecule has 0 spiro atoms. The summed E-state index contributed by atoms with van der Waals surface area (Å²) in [6, 6.07) is 0. The van der Waals surface area contributed by atoms with Gasteiger partial charge < -0.3 is 5.11 Å². The van der Waals surface area contributed by atoms with Crippen LogP contribution in [-0.2, 0) is 5.60 Å². The maximum Gasteiger partial charge on any atom is 0.0865 e. The van der Waals surface area contributed by atoms with E-state index < -0.39 is 5.60 Å². The minimum Gasteiger partial charge on any atom is -0.386 e. The van der Waals surface area contributed by atoms with Crippen LogP contribution in [0.5, 0.6) is 0 Å². The first-order chi connectivity index (χ1) is 5.34. The minimum atomic E-state index is -0.827. The molecule has 0 bridgehead atoms. The lowest BCUT2D eigenvalue weighted by Gasteiger charge is -2.17. The molecule has 0 unspecified atom stereocenters. The van der Waals surface area contributed by atoms with Crippen molar-refractivity contribution in [1.29, 1.82) is 0 Å². The van der Waals surface area contributed by atoms with Crippen molar-refractivity contribution in [2.24, 2.45) is 0 Å². The second-order valence-corrected chi connectivity index (χ2v) is 5.27. The molecule has 12 heavy (non-hydrogen) atoms. The molecule has 1 aromatic heterocycles. The first-order valence-corrected chi connectivity index (χ1v) is 5.02. The zero-order valence-corrected chi connectivity index (χ0v) is 9.31. The van der Waals surface area contributed by atoms with Crippen molar-refractivity contribution < 1.29 is 5.11 Å². The summed E-state index contributed by atoms with van der Waals surface area (Å²) in [6.07, 6.45) is 0. The molecule has 1 rings (SSSR count). The second kappa shape index (κ2) is 3.02. The summed E-state index contributed by atoms with van der Waals surface area (Å²) in [6.45, 7) is 7.47. The Balaban J connectivity index is 3.32. The van der Waals surface area contributed by atoms with E-state index in [0.717, 1.165) is 15.3 Å². The van der Waals surface area contributed by atoms with E-state index in [4.69, 9.17) is 11.6 Å². The van der Waals surface area contributed by atoms with Crippen LogP contribution in [0, 0.1) is 13.8 Å². The third-order valence-electron chi connectivity index (χ3n) is 1.80. The highest BCUT2D eigenvalue weighted by Gasteiger charge is 2.24. The molecule has 1 N–H and O–H groups in total. The average molecular weight is 205 g/mol. The number of aryl methyl sites for hydroxylation is 2. The Labute approximate surface area is 82.0 Å². The Morgan fingerprint density at radius 3 is 1.92 bits per heavy atom. The molecule has 0 aliphatic rings. The predicted molar refractivity (Wildman–Crippen MR) is 54.0 cm³/mol. The molecule has 0 radical (unpaired) electrons. The Hall–Kier alpha value is -0.0500. The van der Waals surface area contributed by atoms with Gasteiger partial charge in [0.05, 0.1) is 10.6 Å². The van der Waals surface area contributed by atoms with Gasteiger partial charge in [-0.15, -0.1) is 11.3 Å². The highest BCUT2D eigenvalue weighted by molar-refractivity contribution is 7.12. The fourth-order valence-corrected chi connectivity index (χ4v) is 3.00. The number of thiophene rings is 1. The third kappa shape index (κ3) is 1.65. The molecule has 0 amide bonds. The fourth-order valence-electron chi connectivity index (χ4n) is 1.36. The molecule has 0 saturated heterocycles. The quantitative estimate of drug-likeness (QED) is 0.745. The van der Waals surface area contributed by atoms with Gasteiger partial charge in [0.15, 0.2) is 0 Å². The zero-order valence-electron chi connectivity index (χ0n) is 7.73. The molecule has 0 atom stereocenters. The van der Waals surface area contributed by atoms with E-state index in [9.17, 15) is 5.11 Å². The van der Waals surface area contributed by atoms with E-state index in [2.05, 4.69) is 0 Å². The summed E-state index contributed by atoms with van der Waals surface area (Å²) in [5.41, 5.74) is 0.0398. The van der Waals surface area contributed by atoms with E-state index in [0.29, 0.717) is 5.02 Å². The molecule has 0 aromatic carbocycles. The zero-order chi connectivity index (χ0) is 9.52. The van der Waals surface area contributed by atoms with Crippen molar-refractivity contribution >= 4 is 22.9 Å². The predicted octanol–water partition coefficient (Wildman–Crippen LogP) is 3.25. The van der Waals surface area contributed by atoms with Gasteiger partial charge in [0, 0.05) is 15.3 Å². The maximum atomic E-state index is 9.79. The van der Waals surface area contributed by atoms with E-state index in [1.807, 2.05) is 13.8 Å². The second-order valence-electron chi connectivity index (χ2n) is 3.46. The van der Waals surface area contributed by atoms with Gasteiger partial charge >= 0.3 is 0 Å². The van der Waals surface area contributed by atoms with Gasteiger partial charge in [-0.3, -0.25) is 0 Å². The van der Waals surface area contributed by atoms with Crippen LogP contribution in [0.4, 0.5) is 0 Å². The molecular weight excluding hydrogens is 192 g/mol. The first-order valence-electron chi connectivity index (χ1n) is 3.82. The number of halogens is 1. The SMILES string of the molecule is Cc1sc(C)c(C(C)(C)O)c1Cl. The molecule has 0 aliphatic heterocycles. The lowest BCUT2D eigenvalue weighted by molar-refractivity contribution is 0.0785. The summed E-state index contributed by atoms with van der Waals surface area (Å²) in [5, 5.41) is 10.5. The Morgan fingerprint density at radius 2 is 1.75 bits per heavy atom. The van der Waals surface area contributed by atoms with Crippen molar-refractivity contribution in [2.45, 2.75) is 33.3 Å². The summed E-state index contributed by atoms with van der Waals surface area (Å²) in [7, 11) is 0. The van der Waals surface area contributed by atoms with Gasteiger partial charge in [-0.1, -0.05) is 11.6 Å². The van der Waals surface area contributed by atoms with E-state index in [1.165, 1.54) is 0 Å². The highest BCUT2D eigenvalue weighted by atomic mass is 35.5. The van der Waals surface area contributed by atoms with Gasteiger partial charge in [0.1, 0.15) is 0 Å². The van der Waals surface area contributed by atoms with Gasteiger partial charge in [0.25, 0.3) is 0 Å². The van der Waals surface area contributed by atoms with Crippen LogP contribution in [0.25, 0.3) is 0 Å². The van der Waals surface area contributed by atoms with Gasteiger partial charge in [-0.25, -0.2) is 0 Å². The van der Waals surface area contributed by atoms with Crippen LogP contribution < -0.4 is 0 Å². The molecule has 1 nitrogen and oxygen atoms in total. The maximum absolute atomic E-state index is 9.79. The molecule has 0 saturated carbocycles. The van der Waals surface area contributed by atoms with Gasteiger partial charge in [-0.05, 0) is 27.7 Å². The summed E-state index contributed by atoms with van der Waals surface area (Å²) in [4.78, 5) is 2.18. The number of hydrogen-bond acceptors (Lipinski definition) is 2. The molecule has 0 aliphatic carbocycles. The van der Waals surface area contributed by atoms with Crippen molar-refractivity contribution in [3.8, 4) is 0 Å². The van der Waals surface area contributed by atoms with Crippen molar-refractivity contribution in [3.05, 3.63) is 20.3 Å². The largest absolute Gasteiger partial charge is 0.386 e. The summed E-state index contributed by atoms with van der Waals surface area (Å²) >= 11 is 7.68. The summed E-state index contributed by atoms with van der Waals surface area (Å²) < 4.78 is 0. The summed E-state index contributed by atoms with van der Waals surface area (Å²) in [5.74, 6) is 0. The number of aliphatic hydroxyl groups is 1. The van der Waals surface area contributed by atoms with Crippen LogP contribution in [-0.4, -0.2) is 5.11 Å². The monoisotopic (exact) mass is 204 g/mol. The Morgan fingerprint density at radius 1 is 1.25 bits per heavy atom. The normalized spacial score (nSPS) is 12.2. The van der Waals surface area contributed by atoms with Crippen LogP contribution in [0.15, 0.2) is 0 Å². The third-order valence-corrected chi connectivity index (χ3v) is 3.40. The van der Waals surface area contributed by atoms with Crippen molar-refractivity contribution in [3.63, 3.8) is 0 Å². The molecule has 0 fully saturated rings.